The van der Waals surface area contributed by atoms with E-state index in [1.807, 2.05) is 0 Å². The number of rotatable bonds is 11. The highest BCUT2D eigenvalue weighted by molar-refractivity contribution is 8.13. The topological polar surface area (TPSA) is 44.8 Å². The van der Waals surface area contributed by atoms with Crippen molar-refractivity contribution in [3.05, 3.63) is 95.1 Å². The van der Waals surface area contributed by atoms with Gasteiger partial charge in [0, 0.05) is 19.1 Å². The third kappa shape index (κ3) is 7.80. The van der Waals surface area contributed by atoms with Gasteiger partial charge >= 0.3 is 0 Å². The molecule has 1 saturated heterocycles. The van der Waals surface area contributed by atoms with Crippen LogP contribution in [0.5, 0.6) is 11.5 Å². The smallest absolute Gasteiger partial charge is 0.199 e. The van der Waals surface area contributed by atoms with E-state index in [9.17, 15) is 4.79 Å². The molecule has 40 heavy (non-hydrogen) atoms. The van der Waals surface area contributed by atoms with Crippen LogP contribution in [0.15, 0.2) is 72.8 Å². The van der Waals surface area contributed by atoms with Gasteiger partial charge in [-0.2, -0.15) is 0 Å². The van der Waals surface area contributed by atoms with Gasteiger partial charge < -0.3 is 14.2 Å². The zero-order chi connectivity index (χ0) is 27.6. The quantitative estimate of drug-likeness (QED) is 0.221. The number of carbonyl (C=O) groups excluding carboxylic acids is 1. The molecule has 1 atom stereocenters. The molecule has 4 nitrogen and oxygen atoms in total. The van der Waals surface area contributed by atoms with Crippen LogP contribution in [-0.4, -0.2) is 30.4 Å². The van der Waals surface area contributed by atoms with Crippen LogP contribution in [0.25, 0.3) is 11.1 Å². The Morgan fingerprint density at radius 2 is 1.70 bits per heavy atom. The van der Waals surface area contributed by atoms with Crippen molar-refractivity contribution in [1.29, 1.82) is 0 Å². The van der Waals surface area contributed by atoms with E-state index < -0.39 is 0 Å². The van der Waals surface area contributed by atoms with Crippen LogP contribution in [0.3, 0.4) is 0 Å². The predicted octanol–water partition coefficient (Wildman–Crippen LogP) is 8.72. The number of allylic oxidation sites excluding steroid dienone is 1. The van der Waals surface area contributed by atoms with E-state index in [2.05, 4.69) is 72.8 Å². The lowest BCUT2D eigenvalue weighted by Gasteiger charge is -2.24. The molecule has 0 spiro atoms. The maximum atomic E-state index is 11.1. The second kappa shape index (κ2) is 14.6. The molecule has 0 amide bonds. The molecule has 1 aliphatic carbocycles. The van der Waals surface area contributed by atoms with E-state index in [1.165, 1.54) is 45.2 Å². The summed E-state index contributed by atoms with van der Waals surface area (Å²) in [5.74, 6) is 2.69. The van der Waals surface area contributed by atoms with Crippen molar-refractivity contribution in [3.8, 4) is 11.5 Å². The zero-order valence-corrected chi connectivity index (χ0v) is 24.3. The van der Waals surface area contributed by atoms with Gasteiger partial charge in [0.05, 0.1) is 13.2 Å². The number of hydrogen-bond donors (Lipinski definition) is 0. The highest BCUT2D eigenvalue weighted by Gasteiger charge is 2.22. The Morgan fingerprint density at radius 3 is 2.48 bits per heavy atom. The van der Waals surface area contributed by atoms with Gasteiger partial charge in [0.15, 0.2) is 11.4 Å². The minimum atomic E-state index is -0.139. The van der Waals surface area contributed by atoms with Crippen LogP contribution in [0, 0.1) is 0 Å². The van der Waals surface area contributed by atoms with Crippen LogP contribution in [0.2, 0.25) is 0 Å². The Labute approximate surface area is 243 Å². The lowest BCUT2D eigenvalue weighted by atomic mass is 9.88. The van der Waals surface area contributed by atoms with Crippen LogP contribution in [0.1, 0.15) is 80.5 Å². The first-order valence-corrected chi connectivity index (χ1v) is 15.7. The molecule has 210 valence electrons. The number of aryl methyl sites for hydroxylation is 1. The number of fused-ring (bicyclic) bond motifs is 1. The van der Waals surface area contributed by atoms with Gasteiger partial charge in [-0.3, -0.25) is 4.79 Å². The molecular formula is C35H40O4S. The first kappa shape index (κ1) is 28.5. The molecule has 0 N–H and O–H groups in total. The second-order valence-corrected chi connectivity index (χ2v) is 11.9. The number of carbonyl (C=O) groups is 1. The summed E-state index contributed by atoms with van der Waals surface area (Å²) in [6, 6.07) is 26.0. The highest BCUT2D eigenvalue weighted by Crippen LogP contribution is 2.41. The van der Waals surface area contributed by atoms with E-state index in [-0.39, 0.29) is 11.4 Å². The fraction of sp³-hybridized carbons (Fsp3) is 0.400. The van der Waals surface area contributed by atoms with E-state index in [4.69, 9.17) is 14.2 Å². The Kier molecular flexibility index (Phi) is 10.4. The summed E-state index contributed by atoms with van der Waals surface area (Å²) >= 11 is 1.41. The summed E-state index contributed by atoms with van der Waals surface area (Å²) in [5.41, 5.74) is 7.79. The molecule has 1 fully saturated rings. The molecule has 5 rings (SSSR count). The fourth-order valence-electron chi connectivity index (χ4n) is 5.56. The summed E-state index contributed by atoms with van der Waals surface area (Å²) in [7, 11) is 0. The Bertz CT molecular complexity index is 1280. The Morgan fingerprint density at radius 1 is 0.875 bits per heavy atom. The van der Waals surface area contributed by atoms with Crippen LogP contribution < -0.4 is 9.47 Å². The summed E-state index contributed by atoms with van der Waals surface area (Å²) < 4.78 is 18.1. The maximum Gasteiger partial charge on any atom is 0.199 e. The van der Waals surface area contributed by atoms with E-state index in [0.29, 0.717) is 6.61 Å². The summed E-state index contributed by atoms with van der Waals surface area (Å²) in [6.45, 7) is 3.10. The van der Waals surface area contributed by atoms with Crippen molar-refractivity contribution in [2.75, 3.05) is 19.0 Å². The SMILES string of the molecule is CC(=O)SCCCCCOc1ccc(C2=C(c3ccccc3)CCCc3cc(OC4CCCCO4)ccc32)cc1. The minimum Gasteiger partial charge on any atom is -0.494 e. The number of unbranched alkanes of at least 4 members (excludes halogenated alkanes) is 2. The standard InChI is InChI=1S/C35H40O4S/c1-26(36)40-24-9-3-7-22-37-30-18-16-28(17-19-30)35-32(27-11-4-2-5-12-27)14-10-13-29-25-31(20-21-33(29)35)39-34-15-6-8-23-38-34/h2,4-5,11-12,16-21,25,34H,3,6-10,13-15,22-24H2,1H3. The zero-order valence-electron chi connectivity index (χ0n) is 23.5. The number of thioether (sulfide) groups is 1. The monoisotopic (exact) mass is 556 g/mol. The number of hydrogen-bond acceptors (Lipinski definition) is 5. The van der Waals surface area contributed by atoms with Crippen molar-refractivity contribution in [3.63, 3.8) is 0 Å². The van der Waals surface area contributed by atoms with Crippen molar-refractivity contribution in [1.82, 2.24) is 0 Å². The minimum absolute atomic E-state index is 0.139. The lowest BCUT2D eigenvalue weighted by Crippen LogP contribution is -2.25. The summed E-state index contributed by atoms with van der Waals surface area (Å²) in [5, 5.41) is 0.195. The molecule has 1 unspecified atom stereocenters. The predicted molar refractivity (Wildman–Crippen MR) is 165 cm³/mol. The Hall–Kier alpha value is -3.02. The second-order valence-electron chi connectivity index (χ2n) is 10.6. The summed E-state index contributed by atoms with van der Waals surface area (Å²) in [6.07, 6.45) is 9.33. The first-order chi connectivity index (χ1) is 19.7. The van der Waals surface area contributed by atoms with Gasteiger partial charge in [-0.25, -0.2) is 0 Å². The van der Waals surface area contributed by atoms with Crippen LogP contribution in [0.4, 0.5) is 0 Å². The lowest BCUT2D eigenvalue weighted by molar-refractivity contribution is -0.109. The van der Waals surface area contributed by atoms with Gasteiger partial charge in [0.25, 0.3) is 0 Å². The normalized spacial score (nSPS) is 17.2. The van der Waals surface area contributed by atoms with Crippen molar-refractivity contribution >= 4 is 28.0 Å². The van der Waals surface area contributed by atoms with Crippen LogP contribution >= 0.6 is 11.8 Å². The van der Waals surface area contributed by atoms with E-state index >= 15 is 0 Å². The van der Waals surface area contributed by atoms with Crippen molar-refractivity contribution in [2.45, 2.75) is 71.0 Å². The highest BCUT2D eigenvalue weighted by atomic mass is 32.2. The summed E-state index contributed by atoms with van der Waals surface area (Å²) in [4.78, 5) is 11.1. The molecule has 1 heterocycles. The molecule has 5 heteroatoms. The largest absolute Gasteiger partial charge is 0.494 e. The van der Waals surface area contributed by atoms with Crippen molar-refractivity contribution < 1.29 is 19.0 Å². The van der Waals surface area contributed by atoms with Gasteiger partial charge in [-0.05, 0) is 109 Å². The van der Waals surface area contributed by atoms with E-state index in [0.717, 1.165) is 81.6 Å². The Balaban J connectivity index is 1.35. The molecular weight excluding hydrogens is 516 g/mol. The van der Waals surface area contributed by atoms with Gasteiger partial charge in [-0.15, -0.1) is 0 Å². The molecule has 3 aromatic carbocycles. The van der Waals surface area contributed by atoms with Gasteiger partial charge in [-0.1, -0.05) is 60.3 Å². The fourth-order valence-corrected chi connectivity index (χ4v) is 6.19. The molecule has 0 radical (unpaired) electrons. The molecule has 0 saturated carbocycles. The third-order valence-corrected chi connectivity index (χ3v) is 8.45. The van der Waals surface area contributed by atoms with Gasteiger partial charge in [0.1, 0.15) is 11.5 Å². The van der Waals surface area contributed by atoms with Gasteiger partial charge in [0.2, 0.25) is 0 Å². The molecule has 1 aliphatic heterocycles. The third-order valence-electron chi connectivity index (χ3n) is 7.55. The molecule has 0 aromatic heterocycles. The molecule has 2 aliphatic rings. The first-order valence-electron chi connectivity index (χ1n) is 14.7. The van der Waals surface area contributed by atoms with Crippen LogP contribution in [-0.2, 0) is 16.0 Å². The molecule has 0 bridgehead atoms. The van der Waals surface area contributed by atoms with E-state index in [1.54, 1.807) is 6.92 Å². The number of ether oxygens (including phenoxy) is 3. The molecule has 3 aromatic rings. The average Bonchev–Trinajstić information content (AvgIpc) is 3.17. The average molecular weight is 557 g/mol. The van der Waals surface area contributed by atoms with Crippen molar-refractivity contribution in [2.24, 2.45) is 0 Å². The maximum absolute atomic E-state index is 11.1. The number of benzene rings is 3.